The molecule has 0 aliphatic heterocycles. The summed E-state index contributed by atoms with van der Waals surface area (Å²) in [5.41, 5.74) is 7.61. The third kappa shape index (κ3) is 2.93. The lowest BCUT2D eigenvalue weighted by Crippen LogP contribution is -2.39. The molecule has 3 heteroatoms. The van der Waals surface area contributed by atoms with Crippen LogP contribution < -0.4 is 5.73 Å². The quantitative estimate of drug-likeness (QED) is 0.917. The number of imidazole rings is 1. The summed E-state index contributed by atoms with van der Waals surface area (Å²) in [5.74, 6) is 0.995. The van der Waals surface area contributed by atoms with Gasteiger partial charge in [-0.1, -0.05) is 58.0 Å². The van der Waals surface area contributed by atoms with Gasteiger partial charge in [0.25, 0.3) is 0 Å². The van der Waals surface area contributed by atoms with E-state index in [0.717, 1.165) is 17.8 Å². The van der Waals surface area contributed by atoms with Crippen LogP contribution in [-0.2, 0) is 0 Å². The van der Waals surface area contributed by atoms with Gasteiger partial charge in [-0.05, 0) is 11.8 Å². The molecule has 2 aromatic rings. The number of nitrogens with two attached hydrogens (primary N) is 1. The van der Waals surface area contributed by atoms with Crippen molar-refractivity contribution >= 4 is 0 Å². The Kier molecular flexibility index (Phi) is 4.29. The first kappa shape index (κ1) is 14.8. The molecule has 0 spiro atoms. The molecule has 0 aliphatic rings. The maximum atomic E-state index is 6.39. The van der Waals surface area contributed by atoms with Crippen LogP contribution in [0.2, 0.25) is 0 Å². The number of hydrogen-bond donors (Lipinski definition) is 1. The summed E-state index contributed by atoms with van der Waals surface area (Å²) in [7, 11) is 0. The highest BCUT2D eigenvalue weighted by molar-refractivity contribution is 5.55. The minimum atomic E-state index is 0.0830. The Morgan fingerprint density at radius 2 is 1.85 bits per heavy atom. The van der Waals surface area contributed by atoms with E-state index in [-0.39, 0.29) is 17.5 Å². The SMILES string of the molecule is CCC(N)C(n1ccnc1-c1ccccc1)C(C)(C)C. The highest BCUT2D eigenvalue weighted by Crippen LogP contribution is 2.36. The minimum absolute atomic E-state index is 0.0830. The highest BCUT2D eigenvalue weighted by atomic mass is 15.1. The molecule has 1 aromatic carbocycles. The van der Waals surface area contributed by atoms with Crippen molar-refractivity contribution in [3.05, 3.63) is 42.7 Å². The van der Waals surface area contributed by atoms with E-state index >= 15 is 0 Å². The van der Waals surface area contributed by atoms with Crippen LogP contribution in [0.5, 0.6) is 0 Å². The normalized spacial score (nSPS) is 15.1. The van der Waals surface area contributed by atoms with E-state index in [1.54, 1.807) is 0 Å². The van der Waals surface area contributed by atoms with Gasteiger partial charge in [-0.25, -0.2) is 4.98 Å². The summed E-state index contributed by atoms with van der Waals surface area (Å²) in [6.07, 6.45) is 4.87. The second-order valence-electron chi connectivity index (χ2n) is 6.41. The van der Waals surface area contributed by atoms with E-state index in [0.29, 0.717) is 0 Å². The van der Waals surface area contributed by atoms with Crippen molar-refractivity contribution in [2.45, 2.75) is 46.2 Å². The molecule has 3 nitrogen and oxygen atoms in total. The fourth-order valence-corrected chi connectivity index (χ4v) is 2.84. The van der Waals surface area contributed by atoms with Gasteiger partial charge in [0.05, 0.1) is 6.04 Å². The molecule has 0 bridgehead atoms. The molecule has 2 rings (SSSR count). The first-order valence-corrected chi connectivity index (χ1v) is 7.29. The predicted octanol–water partition coefficient (Wildman–Crippen LogP) is 3.87. The van der Waals surface area contributed by atoms with Gasteiger partial charge in [0.15, 0.2) is 0 Å². The fraction of sp³-hybridized carbons (Fsp3) is 0.471. The van der Waals surface area contributed by atoms with Crippen molar-refractivity contribution < 1.29 is 0 Å². The van der Waals surface area contributed by atoms with Crippen LogP contribution in [0.15, 0.2) is 42.7 Å². The molecule has 0 fully saturated rings. The standard InChI is InChI=1S/C17H25N3/c1-5-14(18)15(17(2,3)4)20-12-11-19-16(20)13-9-7-6-8-10-13/h6-12,14-15H,5,18H2,1-4H3. The smallest absolute Gasteiger partial charge is 0.140 e. The number of aromatic nitrogens is 2. The molecule has 20 heavy (non-hydrogen) atoms. The molecule has 0 saturated heterocycles. The Morgan fingerprint density at radius 3 is 2.40 bits per heavy atom. The van der Waals surface area contributed by atoms with Gasteiger partial charge in [0.2, 0.25) is 0 Å². The topological polar surface area (TPSA) is 43.8 Å². The lowest BCUT2D eigenvalue weighted by atomic mass is 9.81. The molecule has 1 heterocycles. The summed E-state index contributed by atoms with van der Waals surface area (Å²) in [6.45, 7) is 8.86. The van der Waals surface area contributed by atoms with Crippen LogP contribution in [0.25, 0.3) is 11.4 Å². The minimum Gasteiger partial charge on any atom is -0.326 e. The van der Waals surface area contributed by atoms with Gasteiger partial charge in [-0.2, -0.15) is 0 Å². The van der Waals surface area contributed by atoms with Crippen molar-refractivity contribution in [2.75, 3.05) is 0 Å². The second kappa shape index (κ2) is 5.80. The van der Waals surface area contributed by atoms with Crippen LogP contribution in [0, 0.1) is 5.41 Å². The Hall–Kier alpha value is -1.61. The van der Waals surface area contributed by atoms with Crippen LogP contribution in [-0.4, -0.2) is 15.6 Å². The van der Waals surface area contributed by atoms with Crippen molar-refractivity contribution in [1.82, 2.24) is 9.55 Å². The van der Waals surface area contributed by atoms with E-state index in [9.17, 15) is 0 Å². The molecule has 0 saturated carbocycles. The van der Waals surface area contributed by atoms with Crippen molar-refractivity contribution in [3.63, 3.8) is 0 Å². The lowest BCUT2D eigenvalue weighted by molar-refractivity contribution is 0.203. The van der Waals surface area contributed by atoms with E-state index in [1.807, 2.05) is 30.6 Å². The molecule has 108 valence electrons. The van der Waals surface area contributed by atoms with Crippen molar-refractivity contribution in [2.24, 2.45) is 11.1 Å². The van der Waals surface area contributed by atoms with Gasteiger partial charge in [0, 0.05) is 24.0 Å². The number of rotatable bonds is 4. The number of hydrogen-bond acceptors (Lipinski definition) is 2. The zero-order valence-electron chi connectivity index (χ0n) is 12.9. The summed E-state index contributed by atoms with van der Waals surface area (Å²) in [4.78, 5) is 4.54. The van der Waals surface area contributed by atoms with Gasteiger partial charge < -0.3 is 10.3 Å². The Morgan fingerprint density at radius 1 is 1.20 bits per heavy atom. The van der Waals surface area contributed by atoms with Gasteiger partial charge in [-0.15, -0.1) is 0 Å². The molecule has 0 radical (unpaired) electrons. The van der Waals surface area contributed by atoms with E-state index < -0.39 is 0 Å². The first-order valence-electron chi connectivity index (χ1n) is 7.29. The molecule has 2 N–H and O–H groups in total. The molecule has 0 aliphatic carbocycles. The fourth-order valence-electron chi connectivity index (χ4n) is 2.84. The molecule has 2 unspecified atom stereocenters. The summed E-state index contributed by atoms with van der Waals surface area (Å²) < 4.78 is 2.24. The van der Waals surface area contributed by atoms with Gasteiger partial charge in [0.1, 0.15) is 5.82 Å². The first-order chi connectivity index (χ1) is 9.45. The summed E-state index contributed by atoms with van der Waals surface area (Å²) in [6, 6.07) is 10.6. The average Bonchev–Trinajstić information content (AvgIpc) is 2.87. The lowest BCUT2D eigenvalue weighted by Gasteiger charge is -2.37. The Labute approximate surface area is 121 Å². The third-order valence-electron chi connectivity index (χ3n) is 3.76. The van der Waals surface area contributed by atoms with Gasteiger partial charge in [-0.3, -0.25) is 0 Å². The average molecular weight is 271 g/mol. The molecule has 1 aromatic heterocycles. The van der Waals surface area contributed by atoms with Crippen molar-refractivity contribution in [1.29, 1.82) is 0 Å². The zero-order chi connectivity index (χ0) is 14.8. The van der Waals surface area contributed by atoms with Crippen LogP contribution in [0.4, 0.5) is 0 Å². The summed E-state index contributed by atoms with van der Waals surface area (Å²) in [5, 5.41) is 0. The number of nitrogens with zero attached hydrogens (tertiary/aromatic N) is 2. The van der Waals surface area contributed by atoms with Crippen LogP contribution in [0.1, 0.15) is 40.2 Å². The van der Waals surface area contributed by atoms with E-state index in [4.69, 9.17) is 5.73 Å². The van der Waals surface area contributed by atoms with Crippen molar-refractivity contribution in [3.8, 4) is 11.4 Å². The monoisotopic (exact) mass is 271 g/mol. The third-order valence-corrected chi connectivity index (χ3v) is 3.76. The molecular weight excluding hydrogens is 246 g/mol. The maximum absolute atomic E-state index is 6.39. The van der Waals surface area contributed by atoms with E-state index in [1.165, 1.54) is 0 Å². The van der Waals surface area contributed by atoms with E-state index in [2.05, 4.69) is 49.4 Å². The Bertz CT molecular complexity index is 537. The largest absolute Gasteiger partial charge is 0.326 e. The highest BCUT2D eigenvalue weighted by Gasteiger charge is 2.32. The summed E-state index contributed by atoms with van der Waals surface area (Å²) >= 11 is 0. The van der Waals surface area contributed by atoms with Crippen LogP contribution >= 0.6 is 0 Å². The van der Waals surface area contributed by atoms with Gasteiger partial charge >= 0.3 is 0 Å². The molecular formula is C17H25N3. The number of benzene rings is 1. The predicted molar refractivity (Wildman–Crippen MR) is 84.4 cm³/mol. The second-order valence-corrected chi connectivity index (χ2v) is 6.41. The maximum Gasteiger partial charge on any atom is 0.140 e. The molecule has 2 atom stereocenters. The molecule has 0 amide bonds. The Balaban J connectivity index is 2.49. The zero-order valence-corrected chi connectivity index (χ0v) is 12.9. The van der Waals surface area contributed by atoms with Crippen LogP contribution in [0.3, 0.4) is 0 Å².